The van der Waals surface area contributed by atoms with Gasteiger partial charge in [0.2, 0.25) is 0 Å². The Morgan fingerprint density at radius 2 is 2.04 bits per heavy atom. The van der Waals surface area contributed by atoms with Crippen LogP contribution in [0.25, 0.3) is 0 Å². The van der Waals surface area contributed by atoms with Crippen molar-refractivity contribution in [2.45, 2.75) is 50.0 Å². The van der Waals surface area contributed by atoms with E-state index in [1.165, 1.54) is 24.8 Å². The molecule has 1 aliphatic rings. The zero-order chi connectivity index (χ0) is 19.6. The monoisotopic (exact) mass is 390 g/mol. The molecule has 0 aliphatic heterocycles. The average molecular weight is 391 g/mol. The fourth-order valence-corrected chi connectivity index (χ4v) is 3.76. The van der Waals surface area contributed by atoms with Crippen LogP contribution in [0.3, 0.4) is 0 Å². The van der Waals surface area contributed by atoms with Crippen molar-refractivity contribution in [1.29, 1.82) is 0 Å². The van der Waals surface area contributed by atoms with Crippen LogP contribution in [-0.2, 0) is 9.59 Å². The Labute approximate surface area is 167 Å². The molecule has 1 unspecified atom stereocenters. The number of likely N-dealkylation sites (N-methyl/N-ethyl adjacent to an activating group) is 1. The largest absolute Gasteiger partial charge is 0.351 e. The van der Waals surface area contributed by atoms with E-state index in [9.17, 15) is 9.59 Å². The molecule has 0 aromatic heterocycles. The van der Waals surface area contributed by atoms with Crippen LogP contribution in [0.15, 0.2) is 40.8 Å². The van der Waals surface area contributed by atoms with Gasteiger partial charge in [0.15, 0.2) is 12.6 Å². The molecule has 0 heterocycles. The van der Waals surface area contributed by atoms with Crippen molar-refractivity contribution in [3.63, 3.8) is 0 Å². The third-order valence-corrected chi connectivity index (χ3v) is 5.88. The lowest BCUT2D eigenvalue weighted by Gasteiger charge is -2.21. The van der Waals surface area contributed by atoms with Crippen molar-refractivity contribution in [3.8, 4) is 0 Å². The fourth-order valence-electron chi connectivity index (χ4n) is 3.20. The van der Waals surface area contributed by atoms with Gasteiger partial charge in [0.1, 0.15) is 0 Å². The molecule has 148 valence electrons. The van der Waals surface area contributed by atoms with E-state index in [4.69, 9.17) is 0 Å². The zero-order valence-electron chi connectivity index (χ0n) is 16.6. The van der Waals surface area contributed by atoms with Crippen LogP contribution in [0, 0.1) is 0 Å². The second-order valence-corrected chi connectivity index (χ2v) is 7.99. The summed E-state index contributed by atoms with van der Waals surface area (Å²) in [5, 5.41) is 5.97. The van der Waals surface area contributed by atoms with Crippen molar-refractivity contribution in [3.05, 3.63) is 35.9 Å². The smallest absolute Gasteiger partial charge is 0.279 e. The highest BCUT2D eigenvalue weighted by molar-refractivity contribution is 7.98. The number of thioether (sulfide) groups is 1. The summed E-state index contributed by atoms with van der Waals surface area (Å²) in [7, 11) is 1.88. The number of quaternary nitrogens is 1. The summed E-state index contributed by atoms with van der Waals surface area (Å²) in [5.74, 6) is -0.0813. The number of anilines is 1. The molecule has 2 amide bonds. The van der Waals surface area contributed by atoms with Gasteiger partial charge < -0.3 is 15.5 Å². The summed E-state index contributed by atoms with van der Waals surface area (Å²) < 4.78 is 0. The molecule has 3 N–H and O–H groups in total. The molecule has 0 fully saturated rings. The van der Waals surface area contributed by atoms with Gasteiger partial charge in [-0.05, 0) is 57.4 Å². The van der Waals surface area contributed by atoms with Gasteiger partial charge >= 0.3 is 0 Å². The first-order chi connectivity index (χ1) is 13.0. The molecule has 1 aromatic carbocycles. The Morgan fingerprint density at radius 3 is 2.74 bits per heavy atom. The molecule has 1 aromatic rings. The predicted octanol–water partition coefficient (Wildman–Crippen LogP) is 2.26. The summed E-state index contributed by atoms with van der Waals surface area (Å²) in [4.78, 5) is 26.7. The first-order valence-electron chi connectivity index (χ1n) is 9.72. The number of amides is 2. The van der Waals surface area contributed by atoms with Gasteiger partial charge in [-0.2, -0.15) is 0 Å². The molecule has 6 heteroatoms. The number of hydrogen-bond acceptors (Lipinski definition) is 3. The van der Waals surface area contributed by atoms with Crippen molar-refractivity contribution in [2.75, 3.05) is 31.7 Å². The number of hydrogen-bond donors (Lipinski definition) is 3. The standard InChI is InChI=1S/C21H31N3O2S/c1-16(21(26)22-14-13-17-9-5-4-6-10-17)24(2)15-20(25)23-18-11-7-8-12-19(18)27-3/h7-9,11-12,16H,4-6,10,13-15H2,1-3H3,(H,22,26)(H,23,25)/p+1/t16-/m0/s1. The minimum atomic E-state index is -0.271. The van der Waals surface area contributed by atoms with Crippen LogP contribution in [0.4, 0.5) is 5.69 Å². The second kappa shape index (κ2) is 11.1. The van der Waals surface area contributed by atoms with Gasteiger partial charge in [-0.1, -0.05) is 23.8 Å². The van der Waals surface area contributed by atoms with Crippen LogP contribution in [0.5, 0.6) is 0 Å². The number of para-hydroxylation sites is 1. The highest BCUT2D eigenvalue weighted by atomic mass is 32.2. The van der Waals surface area contributed by atoms with Crippen LogP contribution in [-0.4, -0.2) is 44.2 Å². The van der Waals surface area contributed by atoms with Crippen LogP contribution in [0.1, 0.15) is 39.0 Å². The lowest BCUT2D eigenvalue weighted by atomic mass is 9.97. The summed E-state index contributed by atoms with van der Waals surface area (Å²) >= 11 is 1.60. The van der Waals surface area contributed by atoms with E-state index < -0.39 is 0 Å². The molecule has 1 aliphatic carbocycles. The summed E-state index contributed by atoms with van der Waals surface area (Å²) in [5.41, 5.74) is 2.28. The van der Waals surface area contributed by atoms with Crippen molar-refractivity contribution in [2.24, 2.45) is 0 Å². The lowest BCUT2D eigenvalue weighted by Crippen LogP contribution is -3.15. The number of allylic oxidation sites excluding steroid dienone is 1. The Morgan fingerprint density at radius 1 is 1.26 bits per heavy atom. The second-order valence-electron chi connectivity index (χ2n) is 7.14. The van der Waals surface area contributed by atoms with Crippen molar-refractivity contribution in [1.82, 2.24) is 5.32 Å². The van der Waals surface area contributed by atoms with Crippen LogP contribution in [0.2, 0.25) is 0 Å². The van der Waals surface area contributed by atoms with E-state index >= 15 is 0 Å². The van der Waals surface area contributed by atoms with E-state index in [2.05, 4.69) is 16.7 Å². The number of rotatable bonds is 9. The number of nitrogens with one attached hydrogen (secondary N) is 3. The topological polar surface area (TPSA) is 62.6 Å². The van der Waals surface area contributed by atoms with Gasteiger partial charge in [-0.25, -0.2) is 0 Å². The van der Waals surface area contributed by atoms with E-state index in [-0.39, 0.29) is 24.4 Å². The first kappa shape index (κ1) is 21.5. The minimum Gasteiger partial charge on any atom is -0.351 e. The Balaban J connectivity index is 1.76. The van der Waals surface area contributed by atoms with E-state index in [1.54, 1.807) is 11.8 Å². The molecule has 2 rings (SSSR count). The van der Waals surface area contributed by atoms with Gasteiger partial charge in [0.25, 0.3) is 11.8 Å². The third-order valence-electron chi connectivity index (χ3n) is 5.08. The molecule has 0 radical (unpaired) electrons. The maximum absolute atomic E-state index is 12.4. The molecule has 0 saturated carbocycles. The Bertz CT molecular complexity index is 675. The average Bonchev–Trinajstić information content (AvgIpc) is 2.68. The fraction of sp³-hybridized carbons (Fsp3) is 0.524. The Kier molecular flexibility index (Phi) is 8.88. The molecule has 0 bridgehead atoms. The molecule has 27 heavy (non-hydrogen) atoms. The number of carbonyl (C=O) groups is 2. The molecule has 0 saturated heterocycles. The van der Waals surface area contributed by atoms with E-state index in [0.29, 0.717) is 6.54 Å². The van der Waals surface area contributed by atoms with Gasteiger partial charge in [-0.3, -0.25) is 9.59 Å². The zero-order valence-corrected chi connectivity index (χ0v) is 17.5. The third kappa shape index (κ3) is 7.03. The number of benzene rings is 1. The summed E-state index contributed by atoms with van der Waals surface area (Å²) in [6.07, 6.45) is 10.1. The summed E-state index contributed by atoms with van der Waals surface area (Å²) in [6.45, 7) is 2.80. The first-order valence-corrected chi connectivity index (χ1v) is 10.9. The molecular formula is C21H32N3O2S+. The Hall–Kier alpha value is -1.79. The molecule has 2 atom stereocenters. The molecule has 0 spiro atoms. The highest BCUT2D eigenvalue weighted by Gasteiger charge is 2.24. The maximum Gasteiger partial charge on any atom is 0.279 e. The molecule has 5 nitrogen and oxygen atoms in total. The minimum absolute atomic E-state index is 0.00113. The highest BCUT2D eigenvalue weighted by Crippen LogP contribution is 2.24. The van der Waals surface area contributed by atoms with Gasteiger partial charge in [0, 0.05) is 11.4 Å². The summed E-state index contributed by atoms with van der Waals surface area (Å²) in [6, 6.07) is 7.47. The van der Waals surface area contributed by atoms with Crippen LogP contribution >= 0.6 is 11.8 Å². The quantitative estimate of drug-likeness (QED) is 0.448. The molecular weight excluding hydrogens is 358 g/mol. The normalized spacial score (nSPS) is 16.2. The van der Waals surface area contributed by atoms with E-state index in [1.807, 2.05) is 44.5 Å². The SMILES string of the molecule is CSc1ccccc1NC(=O)C[NH+](C)[C@@H](C)C(=O)NCCC1=CCCCC1. The van der Waals surface area contributed by atoms with Crippen LogP contribution < -0.4 is 15.5 Å². The van der Waals surface area contributed by atoms with E-state index in [0.717, 1.165) is 28.3 Å². The van der Waals surface area contributed by atoms with Crippen molar-refractivity contribution < 1.29 is 14.5 Å². The van der Waals surface area contributed by atoms with Gasteiger partial charge in [0.05, 0.1) is 12.7 Å². The van der Waals surface area contributed by atoms with Crippen molar-refractivity contribution >= 4 is 29.3 Å². The predicted molar refractivity (Wildman–Crippen MR) is 112 cm³/mol. The number of carbonyl (C=O) groups excluding carboxylic acids is 2. The maximum atomic E-state index is 12.4. The van der Waals surface area contributed by atoms with Gasteiger partial charge in [-0.15, -0.1) is 11.8 Å². The lowest BCUT2D eigenvalue weighted by molar-refractivity contribution is -0.885.